The van der Waals surface area contributed by atoms with Gasteiger partial charge in [0, 0.05) is 6.54 Å². The van der Waals surface area contributed by atoms with Crippen molar-refractivity contribution in [2.75, 3.05) is 13.1 Å². The van der Waals surface area contributed by atoms with Crippen molar-refractivity contribution in [2.24, 2.45) is 5.92 Å². The maximum Gasteiger partial charge on any atom is 0.0769 e. The molecule has 0 aromatic heterocycles. The van der Waals surface area contributed by atoms with E-state index in [1.54, 1.807) is 0 Å². The van der Waals surface area contributed by atoms with E-state index in [0.29, 0.717) is 5.92 Å². The van der Waals surface area contributed by atoms with Crippen LogP contribution in [0.2, 0.25) is 0 Å². The molecule has 1 aromatic carbocycles. The van der Waals surface area contributed by atoms with Gasteiger partial charge in [-0.1, -0.05) is 24.3 Å². The molecule has 21 heavy (non-hydrogen) atoms. The number of hydrogen-bond donors (Lipinski definition) is 1. The Bertz CT molecular complexity index is 508. The van der Waals surface area contributed by atoms with Crippen LogP contribution in [0.5, 0.6) is 0 Å². The number of nitrogens with zero attached hydrogens (tertiary/aromatic N) is 2. The second-order valence-electron chi connectivity index (χ2n) is 6.75. The van der Waals surface area contributed by atoms with Crippen LogP contribution < -0.4 is 0 Å². The molecule has 0 amide bonds. The number of rotatable bonds is 4. The Morgan fingerprint density at radius 2 is 1.95 bits per heavy atom. The van der Waals surface area contributed by atoms with E-state index in [4.69, 9.17) is 0 Å². The summed E-state index contributed by atoms with van der Waals surface area (Å²) in [6.45, 7) is 8.80. The van der Waals surface area contributed by atoms with Crippen LogP contribution in [0.15, 0.2) is 24.3 Å². The summed E-state index contributed by atoms with van der Waals surface area (Å²) in [6, 6.07) is 10.7. The molecule has 3 nitrogen and oxygen atoms in total. The van der Waals surface area contributed by atoms with Crippen molar-refractivity contribution in [3.8, 4) is 6.07 Å². The topological polar surface area (TPSA) is 47.3 Å². The molecule has 1 saturated heterocycles. The Balaban J connectivity index is 2.07. The lowest BCUT2D eigenvalue weighted by molar-refractivity contribution is 0.0694. The molecule has 0 saturated carbocycles. The highest BCUT2D eigenvalue weighted by molar-refractivity contribution is 5.37. The van der Waals surface area contributed by atoms with Gasteiger partial charge in [0.05, 0.1) is 17.6 Å². The van der Waals surface area contributed by atoms with Crippen LogP contribution in [0.4, 0.5) is 0 Å². The lowest BCUT2D eigenvalue weighted by Crippen LogP contribution is -2.37. The van der Waals surface area contributed by atoms with Crippen molar-refractivity contribution < 1.29 is 5.11 Å². The average molecular weight is 286 g/mol. The molecule has 1 fully saturated rings. The second kappa shape index (κ2) is 6.60. The van der Waals surface area contributed by atoms with Crippen LogP contribution in [0, 0.1) is 17.2 Å². The second-order valence-corrected chi connectivity index (χ2v) is 6.75. The summed E-state index contributed by atoms with van der Waals surface area (Å²) in [5, 5.41) is 19.1. The van der Waals surface area contributed by atoms with Gasteiger partial charge in [0.25, 0.3) is 0 Å². The minimum Gasteiger partial charge on any atom is -0.393 e. The van der Waals surface area contributed by atoms with Gasteiger partial charge in [-0.2, -0.15) is 5.26 Å². The van der Waals surface area contributed by atoms with Gasteiger partial charge in [-0.05, 0) is 63.7 Å². The average Bonchev–Trinajstić information content (AvgIpc) is 2.48. The number of aliphatic hydroxyl groups is 1. The molecule has 0 spiro atoms. The molecule has 1 aromatic rings. The predicted octanol–water partition coefficient (Wildman–Crippen LogP) is 3.08. The highest BCUT2D eigenvalue weighted by atomic mass is 16.3. The molecular formula is C18H26N2O. The SMILES string of the molecule is CC(O)C1CCN(Cc2ccccc2C(C)(C)C#N)CC1. The van der Waals surface area contributed by atoms with Crippen LogP contribution in [0.3, 0.4) is 0 Å². The van der Waals surface area contributed by atoms with Crippen molar-refractivity contribution in [3.63, 3.8) is 0 Å². The van der Waals surface area contributed by atoms with Gasteiger partial charge in [0.15, 0.2) is 0 Å². The Hall–Kier alpha value is -1.37. The van der Waals surface area contributed by atoms with E-state index in [1.165, 1.54) is 5.56 Å². The molecule has 1 aliphatic heterocycles. The first-order valence-corrected chi connectivity index (χ1v) is 7.84. The molecule has 2 rings (SSSR count). The van der Waals surface area contributed by atoms with E-state index in [-0.39, 0.29) is 6.10 Å². The van der Waals surface area contributed by atoms with Crippen molar-refractivity contribution in [1.82, 2.24) is 4.90 Å². The van der Waals surface area contributed by atoms with Crippen LogP contribution in [-0.2, 0) is 12.0 Å². The first-order chi connectivity index (χ1) is 9.94. The number of aliphatic hydroxyl groups excluding tert-OH is 1. The lowest BCUT2D eigenvalue weighted by Gasteiger charge is -2.34. The van der Waals surface area contributed by atoms with E-state index in [0.717, 1.165) is 38.0 Å². The Morgan fingerprint density at radius 3 is 2.52 bits per heavy atom. The smallest absolute Gasteiger partial charge is 0.0769 e. The third-order valence-electron chi connectivity index (χ3n) is 4.68. The van der Waals surface area contributed by atoms with E-state index < -0.39 is 5.41 Å². The molecule has 1 unspecified atom stereocenters. The zero-order chi connectivity index (χ0) is 15.5. The quantitative estimate of drug-likeness (QED) is 0.925. The summed E-state index contributed by atoms with van der Waals surface area (Å²) in [4.78, 5) is 2.44. The van der Waals surface area contributed by atoms with Crippen molar-refractivity contribution >= 4 is 0 Å². The van der Waals surface area contributed by atoms with E-state index in [2.05, 4.69) is 29.2 Å². The third kappa shape index (κ3) is 3.84. The summed E-state index contributed by atoms with van der Waals surface area (Å²) < 4.78 is 0. The molecule has 3 heteroatoms. The van der Waals surface area contributed by atoms with E-state index in [9.17, 15) is 10.4 Å². The fourth-order valence-electron chi connectivity index (χ4n) is 3.16. The fourth-order valence-corrected chi connectivity index (χ4v) is 3.16. The molecule has 0 bridgehead atoms. The van der Waals surface area contributed by atoms with Gasteiger partial charge in [-0.15, -0.1) is 0 Å². The van der Waals surface area contributed by atoms with E-state index >= 15 is 0 Å². The molecule has 1 heterocycles. The summed E-state index contributed by atoms with van der Waals surface area (Å²) in [6.07, 6.45) is 1.92. The standard InChI is InChI=1S/C18H26N2O/c1-14(21)15-8-10-20(11-9-15)12-16-6-4-5-7-17(16)18(2,3)13-19/h4-7,14-15,21H,8-12H2,1-3H3. The minimum atomic E-state index is -0.450. The first kappa shape index (κ1) is 16.0. The molecule has 1 atom stereocenters. The lowest BCUT2D eigenvalue weighted by atomic mass is 9.83. The molecule has 1 aliphatic rings. The Labute approximate surface area is 128 Å². The molecule has 114 valence electrons. The predicted molar refractivity (Wildman–Crippen MR) is 84.8 cm³/mol. The maximum atomic E-state index is 9.68. The Morgan fingerprint density at radius 1 is 1.33 bits per heavy atom. The van der Waals surface area contributed by atoms with Gasteiger partial charge in [-0.3, -0.25) is 4.90 Å². The van der Waals surface area contributed by atoms with Crippen molar-refractivity contribution in [1.29, 1.82) is 5.26 Å². The maximum absolute atomic E-state index is 9.68. The van der Waals surface area contributed by atoms with E-state index in [1.807, 2.05) is 26.8 Å². The number of benzene rings is 1. The summed E-state index contributed by atoms with van der Waals surface area (Å²) in [7, 11) is 0. The largest absolute Gasteiger partial charge is 0.393 e. The monoisotopic (exact) mass is 286 g/mol. The molecular weight excluding hydrogens is 260 g/mol. The van der Waals surface area contributed by atoms with Crippen LogP contribution in [0.25, 0.3) is 0 Å². The number of nitriles is 1. The minimum absolute atomic E-state index is 0.197. The highest BCUT2D eigenvalue weighted by Crippen LogP contribution is 2.28. The van der Waals surface area contributed by atoms with Gasteiger partial charge in [-0.25, -0.2) is 0 Å². The summed E-state index contributed by atoms with van der Waals surface area (Å²) in [5.41, 5.74) is 1.93. The van der Waals surface area contributed by atoms with Gasteiger partial charge in [0.1, 0.15) is 0 Å². The number of piperidine rings is 1. The van der Waals surface area contributed by atoms with Crippen molar-refractivity contribution in [3.05, 3.63) is 35.4 Å². The number of hydrogen-bond acceptors (Lipinski definition) is 3. The van der Waals surface area contributed by atoms with Gasteiger partial charge < -0.3 is 5.11 Å². The van der Waals surface area contributed by atoms with Gasteiger partial charge in [0.2, 0.25) is 0 Å². The molecule has 0 aliphatic carbocycles. The van der Waals surface area contributed by atoms with Crippen LogP contribution in [0.1, 0.15) is 44.7 Å². The first-order valence-electron chi connectivity index (χ1n) is 7.84. The number of likely N-dealkylation sites (tertiary alicyclic amines) is 1. The van der Waals surface area contributed by atoms with Gasteiger partial charge >= 0.3 is 0 Å². The molecule has 0 radical (unpaired) electrons. The summed E-state index contributed by atoms with van der Waals surface area (Å²) >= 11 is 0. The summed E-state index contributed by atoms with van der Waals surface area (Å²) in [5.74, 6) is 0.437. The zero-order valence-corrected chi connectivity index (χ0v) is 13.3. The highest BCUT2D eigenvalue weighted by Gasteiger charge is 2.26. The van der Waals surface area contributed by atoms with Crippen LogP contribution in [-0.4, -0.2) is 29.2 Å². The molecule has 1 N–H and O–H groups in total. The third-order valence-corrected chi connectivity index (χ3v) is 4.68. The van der Waals surface area contributed by atoms with Crippen LogP contribution >= 0.6 is 0 Å². The zero-order valence-electron chi connectivity index (χ0n) is 13.3. The Kier molecular flexibility index (Phi) is 5.03. The van der Waals surface area contributed by atoms with Crippen molar-refractivity contribution in [2.45, 2.75) is 51.7 Å². The normalized spacial score (nSPS) is 19.2. The fraction of sp³-hybridized carbons (Fsp3) is 0.611.